The van der Waals surface area contributed by atoms with Crippen molar-refractivity contribution in [3.63, 3.8) is 0 Å². The number of hydrogen-bond donors (Lipinski definition) is 2. The third-order valence-corrected chi connectivity index (χ3v) is 4.93. The lowest BCUT2D eigenvalue weighted by atomic mass is 9.99. The molecule has 108 valence electrons. The van der Waals surface area contributed by atoms with Crippen molar-refractivity contribution < 1.29 is 9.90 Å². The van der Waals surface area contributed by atoms with E-state index in [1.807, 2.05) is 30.7 Å². The number of aliphatic carboxylic acids is 1. The molecule has 2 heterocycles. The fourth-order valence-corrected chi connectivity index (χ4v) is 3.42. The monoisotopic (exact) mass is 310 g/mol. The summed E-state index contributed by atoms with van der Waals surface area (Å²) in [6, 6.07) is 1.52. The molecular weight excluding hydrogens is 292 g/mol. The maximum Gasteiger partial charge on any atom is 0.320 e. The zero-order valence-corrected chi connectivity index (χ0v) is 13.1. The van der Waals surface area contributed by atoms with E-state index >= 15 is 0 Å². The van der Waals surface area contributed by atoms with E-state index in [4.69, 9.17) is 0 Å². The topological polar surface area (TPSA) is 62.2 Å². The Bertz CT molecular complexity index is 551. The number of carbonyl (C=O) groups is 1. The van der Waals surface area contributed by atoms with E-state index in [1.54, 1.807) is 22.7 Å². The van der Waals surface area contributed by atoms with Crippen molar-refractivity contribution in [1.82, 2.24) is 10.3 Å². The van der Waals surface area contributed by atoms with Gasteiger partial charge in [-0.1, -0.05) is 20.3 Å². The fourth-order valence-electron chi connectivity index (χ4n) is 1.89. The number of nitrogens with zero attached hydrogens (tertiary/aromatic N) is 1. The van der Waals surface area contributed by atoms with Crippen LogP contribution in [0, 0.1) is 5.92 Å². The van der Waals surface area contributed by atoms with E-state index in [0.29, 0.717) is 6.54 Å². The molecule has 6 heteroatoms. The van der Waals surface area contributed by atoms with Crippen LogP contribution in [0.2, 0.25) is 0 Å². The second kappa shape index (κ2) is 6.97. The number of rotatable bonds is 7. The lowest BCUT2D eigenvalue weighted by Crippen LogP contribution is -2.41. The Labute approximate surface area is 126 Å². The van der Waals surface area contributed by atoms with Crippen LogP contribution in [-0.2, 0) is 11.3 Å². The van der Waals surface area contributed by atoms with Gasteiger partial charge in [0.15, 0.2) is 0 Å². The molecular formula is C14H18N2O2S2. The molecule has 0 saturated heterocycles. The lowest BCUT2D eigenvalue weighted by molar-refractivity contribution is -0.140. The molecule has 0 bridgehead atoms. The van der Waals surface area contributed by atoms with Crippen molar-refractivity contribution in [2.45, 2.75) is 32.9 Å². The first-order valence-corrected chi connectivity index (χ1v) is 8.37. The minimum absolute atomic E-state index is 0.0995. The predicted molar refractivity (Wildman–Crippen MR) is 83.1 cm³/mol. The summed E-state index contributed by atoms with van der Waals surface area (Å²) in [6.45, 7) is 4.44. The van der Waals surface area contributed by atoms with Gasteiger partial charge in [-0.25, -0.2) is 4.98 Å². The van der Waals surface area contributed by atoms with Crippen molar-refractivity contribution >= 4 is 28.6 Å². The van der Waals surface area contributed by atoms with Gasteiger partial charge in [-0.15, -0.1) is 11.3 Å². The number of aromatic nitrogens is 1. The molecule has 2 N–H and O–H groups in total. The molecule has 0 aliphatic heterocycles. The smallest absolute Gasteiger partial charge is 0.320 e. The van der Waals surface area contributed by atoms with Gasteiger partial charge >= 0.3 is 5.97 Å². The van der Waals surface area contributed by atoms with E-state index in [2.05, 4.69) is 15.7 Å². The Hall–Kier alpha value is -1.24. The maximum absolute atomic E-state index is 11.2. The third kappa shape index (κ3) is 3.65. The summed E-state index contributed by atoms with van der Waals surface area (Å²) in [6.07, 6.45) is 0.835. The number of carboxylic acids is 1. The molecule has 2 rings (SSSR count). The highest BCUT2D eigenvalue weighted by atomic mass is 32.1. The first kappa shape index (κ1) is 15.2. The van der Waals surface area contributed by atoms with E-state index in [9.17, 15) is 9.90 Å². The summed E-state index contributed by atoms with van der Waals surface area (Å²) in [7, 11) is 0. The van der Waals surface area contributed by atoms with Gasteiger partial charge in [-0.2, -0.15) is 11.3 Å². The molecule has 0 aromatic carbocycles. The van der Waals surface area contributed by atoms with Gasteiger partial charge in [0.2, 0.25) is 0 Å². The molecule has 20 heavy (non-hydrogen) atoms. The van der Waals surface area contributed by atoms with E-state index in [0.717, 1.165) is 22.7 Å². The summed E-state index contributed by atoms with van der Waals surface area (Å²) in [5, 5.41) is 19.4. The number of carboxylic acid groups (broad SMARTS) is 1. The largest absolute Gasteiger partial charge is 0.480 e. The zero-order chi connectivity index (χ0) is 14.5. The van der Waals surface area contributed by atoms with Gasteiger partial charge in [-0.05, 0) is 17.4 Å². The number of thiophene rings is 1. The Balaban J connectivity index is 1.98. The quantitative estimate of drug-likeness (QED) is 0.822. The Morgan fingerprint density at radius 2 is 2.30 bits per heavy atom. The van der Waals surface area contributed by atoms with Gasteiger partial charge in [0.05, 0.1) is 5.69 Å². The van der Waals surface area contributed by atoms with Gasteiger partial charge in [-0.3, -0.25) is 10.1 Å². The van der Waals surface area contributed by atoms with E-state index in [1.165, 1.54) is 0 Å². The number of thiazole rings is 1. The van der Waals surface area contributed by atoms with Crippen molar-refractivity contribution in [2.24, 2.45) is 5.92 Å². The van der Waals surface area contributed by atoms with Crippen LogP contribution in [0.15, 0.2) is 22.2 Å². The molecule has 0 fully saturated rings. The summed E-state index contributed by atoms with van der Waals surface area (Å²) in [5.41, 5.74) is 2.02. The second-order valence-corrected chi connectivity index (χ2v) is 6.38. The molecule has 0 spiro atoms. The Kier molecular flexibility index (Phi) is 5.28. The third-order valence-electron chi connectivity index (χ3n) is 3.30. The summed E-state index contributed by atoms with van der Waals surface area (Å²) >= 11 is 3.24. The van der Waals surface area contributed by atoms with Crippen LogP contribution in [0.25, 0.3) is 10.6 Å². The minimum Gasteiger partial charge on any atom is -0.480 e. The van der Waals surface area contributed by atoms with E-state index in [-0.39, 0.29) is 5.92 Å². The predicted octanol–water partition coefficient (Wildman–Crippen LogP) is 3.46. The van der Waals surface area contributed by atoms with Crippen LogP contribution in [0.4, 0.5) is 0 Å². The minimum atomic E-state index is -0.798. The fraction of sp³-hybridized carbons (Fsp3) is 0.429. The maximum atomic E-state index is 11.2. The molecule has 0 aliphatic carbocycles. The van der Waals surface area contributed by atoms with Gasteiger partial charge < -0.3 is 5.11 Å². The Morgan fingerprint density at radius 3 is 2.90 bits per heavy atom. The van der Waals surface area contributed by atoms with Crippen molar-refractivity contribution in [3.05, 3.63) is 27.9 Å². The molecule has 4 nitrogen and oxygen atoms in total. The van der Waals surface area contributed by atoms with Crippen LogP contribution >= 0.6 is 22.7 Å². The van der Waals surface area contributed by atoms with Crippen LogP contribution in [0.5, 0.6) is 0 Å². The van der Waals surface area contributed by atoms with Gasteiger partial charge in [0.1, 0.15) is 11.0 Å². The highest BCUT2D eigenvalue weighted by Crippen LogP contribution is 2.25. The average molecular weight is 310 g/mol. The summed E-state index contributed by atoms with van der Waals surface area (Å²) in [5.74, 6) is -0.699. The molecule has 0 aliphatic rings. The standard InChI is InChI=1S/C14H18N2O2S2/c1-3-9(2)12(14(17)18)15-6-11-8-20-13(16-11)10-4-5-19-7-10/h4-5,7-9,12,15H,3,6H2,1-2H3,(H,17,18)/t9-,12-/m0/s1. The van der Waals surface area contributed by atoms with Gasteiger partial charge in [0.25, 0.3) is 0 Å². The molecule has 0 radical (unpaired) electrons. The molecule has 2 aromatic rings. The highest BCUT2D eigenvalue weighted by molar-refractivity contribution is 7.14. The molecule has 0 saturated carbocycles. The lowest BCUT2D eigenvalue weighted by Gasteiger charge is -2.19. The number of hydrogen-bond acceptors (Lipinski definition) is 5. The van der Waals surface area contributed by atoms with Crippen LogP contribution in [-0.4, -0.2) is 22.1 Å². The first-order chi connectivity index (χ1) is 9.61. The van der Waals surface area contributed by atoms with Crippen molar-refractivity contribution in [1.29, 1.82) is 0 Å². The average Bonchev–Trinajstić information content (AvgIpc) is 3.08. The summed E-state index contributed by atoms with van der Waals surface area (Å²) < 4.78 is 0. The van der Waals surface area contributed by atoms with Crippen LogP contribution in [0.1, 0.15) is 26.0 Å². The zero-order valence-electron chi connectivity index (χ0n) is 11.5. The van der Waals surface area contributed by atoms with Gasteiger partial charge in [0, 0.05) is 22.9 Å². The van der Waals surface area contributed by atoms with E-state index < -0.39 is 12.0 Å². The SMILES string of the molecule is CC[C@H](C)[C@H](NCc1csc(-c2ccsc2)n1)C(=O)O. The Morgan fingerprint density at radius 1 is 1.50 bits per heavy atom. The second-order valence-electron chi connectivity index (χ2n) is 4.74. The first-order valence-electron chi connectivity index (χ1n) is 6.55. The van der Waals surface area contributed by atoms with Crippen molar-refractivity contribution in [2.75, 3.05) is 0 Å². The molecule has 0 amide bonds. The van der Waals surface area contributed by atoms with Crippen molar-refractivity contribution in [3.8, 4) is 10.6 Å². The highest BCUT2D eigenvalue weighted by Gasteiger charge is 2.22. The number of nitrogens with one attached hydrogen (secondary N) is 1. The summed E-state index contributed by atoms with van der Waals surface area (Å²) in [4.78, 5) is 15.8. The van der Waals surface area contributed by atoms with Crippen LogP contribution < -0.4 is 5.32 Å². The molecule has 2 aromatic heterocycles. The molecule has 0 unspecified atom stereocenters. The molecule has 2 atom stereocenters. The van der Waals surface area contributed by atoms with Crippen LogP contribution in [0.3, 0.4) is 0 Å². The normalized spacial score (nSPS) is 14.1.